The summed E-state index contributed by atoms with van der Waals surface area (Å²) < 4.78 is 0. The molecule has 0 aromatic rings. The van der Waals surface area contributed by atoms with E-state index in [4.69, 9.17) is 0 Å². The molecule has 2 heteroatoms. The average molecular weight is 226 g/mol. The molecular formula is C14H30N2. The van der Waals surface area contributed by atoms with Crippen LogP contribution in [0.3, 0.4) is 0 Å². The first kappa shape index (κ1) is 14.0. The van der Waals surface area contributed by atoms with Crippen molar-refractivity contribution in [1.29, 1.82) is 0 Å². The van der Waals surface area contributed by atoms with Crippen molar-refractivity contribution in [2.75, 3.05) is 20.1 Å². The van der Waals surface area contributed by atoms with E-state index < -0.39 is 0 Å². The Morgan fingerprint density at radius 3 is 2.50 bits per heavy atom. The summed E-state index contributed by atoms with van der Waals surface area (Å²) in [5, 5.41) is 3.79. The molecule has 1 atom stereocenters. The highest BCUT2D eigenvalue weighted by molar-refractivity contribution is 4.77. The Hall–Kier alpha value is -0.0800. The molecule has 1 fully saturated rings. The Morgan fingerprint density at radius 2 is 1.88 bits per heavy atom. The van der Waals surface area contributed by atoms with Crippen LogP contribution in [0, 0.1) is 0 Å². The maximum absolute atomic E-state index is 3.79. The minimum Gasteiger partial charge on any atom is -0.311 e. The predicted molar refractivity (Wildman–Crippen MR) is 71.9 cm³/mol. The quantitative estimate of drug-likeness (QED) is 0.671. The standard InChI is InChI=1S/C14H30N2/c1-4-5-6-7-8-13(2)15-14-9-11-16(3)12-10-14/h13-15H,4-12H2,1-3H3. The van der Waals surface area contributed by atoms with E-state index in [9.17, 15) is 0 Å². The van der Waals surface area contributed by atoms with Crippen LogP contribution in [0.15, 0.2) is 0 Å². The maximum atomic E-state index is 3.79. The van der Waals surface area contributed by atoms with E-state index in [1.807, 2.05) is 0 Å². The summed E-state index contributed by atoms with van der Waals surface area (Å²) in [5.74, 6) is 0. The van der Waals surface area contributed by atoms with Gasteiger partial charge in [0.15, 0.2) is 0 Å². The Labute approximate surface area is 102 Å². The molecule has 1 saturated heterocycles. The lowest BCUT2D eigenvalue weighted by atomic mass is 10.0. The van der Waals surface area contributed by atoms with E-state index >= 15 is 0 Å². The summed E-state index contributed by atoms with van der Waals surface area (Å²) in [6, 6.07) is 1.49. The van der Waals surface area contributed by atoms with Gasteiger partial charge in [-0.15, -0.1) is 0 Å². The molecule has 1 aliphatic heterocycles. The fourth-order valence-corrected chi connectivity index (χ4v) is 2.54. The van der Waals surface area contributed by atoms with Gasteiger partial charge >= 0.3 is 0 Å². The number of nitrogens with zero attached hydrogens (tertiary/aromatic N) is 1. The molecule has 0 aromatic carbocycles. The van der Waals surface area contributed by atoms with Gasteiger partial charge in [0.1, 0.15) is 0 Å². The lowest BCUT2D eigenvalue weighted by Crippen LogP contribution is -2.44. The zero-order valence-electron chi connectivity index (χ0n) is 11.5. The Morgan fingerprint density at radius 1 is 1.19 bits per heavy atom. The molecule has 0 spiro atoms. The molecule has 1 unspecified atom stereocenters. The Balaban J connectivity index is 2.02. The van der Waals surface area contributed by atoms with Crippen molar-refractivity contribution in [2.45, 2.75) is 70.9 Å². The van der Waals surface area contributed by atoms with Crippen molar-refractivity contribution in [1.82, 2.24) is 10.2 Å². The second-order valence-electron chi connectivity index (χ2n) is 5.49. The second-order valence-corrected chi connectivity index (χ2v) is 5.49. The Kier molecular flexibility index (Phi) is 7.06. The van der Waals surface area contributed by atoms with Gasteiger partial charge in [-0.05, 0) is 46.3 Å². The minimum atomic E-state index is 0.713. The highest BCUT2D eigenvalue weighted by Gasteiger charge is 2.17. The molecule has 2 nitrogen and oxygen atoms in total. The summed E-state index contributed by atoms with van der Waals surface area (Å²) in [6.07, 6.45) is 9.57. The molecule has 0 saturated carbocycles. The highest BCUT2D eigenvalue weighted by atomic mass is 15.1. The van der Waals surface area contributed by atoms with Gasteiger partial charge in [0, 0.05) is 12.1 Å². The smallest absolute Gasteiger partial charge is 0.00938 e. The third kappa shape index (κ3) is 5.86. The lowest BCUT2D eigenvalue weighted by molar-refractivity contribution is 0.224. The SMILES string of the molecule is CCCCCCC(C)NC1CCN(C)CC1. The van der Waals surface area contributed by atoms with Gasteiger partial charge in [-0.1, -0.05) is 32.6 Å². The molecule has 1 rings (SSSR count). The first-order valence-corrected chi connectivity index (χ1v) is 7.17. The normalized spacial score (nSPS) is 21.2. The zero-order valence-corrected chi connectivity index (χ0v) is 11.5. The molecule has 1 heterocycles. The van der Waals surface area contributed by atoms with E-state index in [-0.39, 0.29) is 0 Å². The van der Waals surface area contributed by atoms with Crippen LogP contribution in [0.25, 0.3) is 0 Å². The molecule has 16 heavy (non-hydrogen) atoms. The summed E-state index contributed by atoms with van der Waals surface area (Å²) in [4.78, 5) is 2.43. The number of likely N-dealkylation sites (tertiary alicyclic amines) is 1. The van der Waals surface area contributed by atoms with Crippen LogP contribution in [0.4, 0.5) is 0 Å². The van der Waals surface area contributed by atoms with Gasteiger partial charge < -0.3 is 10.2 Å². The van der Waals surface area contributed by atoms with E-state index in [2.05, 4.69) is 31.1 Å². The third-order valence-corrected chi connectivity index (χ3v) is 3.73. The number of piperidine rings is 1. The maximum Gasteiger partial charge on any atom is 0.00938 e. The fourth-order valence-electron chi connectivity index (χ4n) is 2.54. The van der Waals surface area contributed by atoms with E-state index in [1.165, 1.54) is 58.0 Å². The van der Waals surface area contributed by atoms with Crippen LogP contribution in [0.1, 0.15) is 58.8 Å². The minimum absolute atomic E-state index is 0.713. The second kappa shape index (κ2) is 8.08. The molecule has 1 N–H and O–H groups in total. The first-order chi connectivity index (χ1) is 7.72. The van der Waals surface area contributed by atoms with Crippen LogP contribution in [0.2, 0.25) is 0 Å². The van der Waals surface area contributed by atoms with Crippen molar-refractivity contribution in [2.24, 2.45) is 0 Å². The third-order valence-electron chi connectivity index (χ3n) is 3.73. The van der Waals surface area contributed by atoms with Crippen molar-refractivity contribution in [3.05, 3.63) is 0 Å². The van der Waals surface area contributed by atoms with Crippen LogP contribution in [-0.4, -0.2) is 37.1 Å². The van der Waals surface area contributed by atoms with E-state index in [0.717, 1.165) is 6.04 Å². The largest absolute Gasteiger partial charge is 0.311 e. The van der Waals surface area contributed by atoms with Crippen LogP contribution in [0.5, 0.6) is 0 Å². The van der Waals surface area contributed by atoms with Gasteiger partial charge in [-0.3, -0.25) is 0 Å². The highest BCUT2D eigenvalue weighted by Crippen LogP contribution is 2.11. The Bertz CT molecular complexity index is 162. The molecule has 0 radical (unpaired) electrons. The number of unbranched alkanes of at least 4 members (excludes halogenated alkanes) is 3. The molecule has 0 aliphatic carbocycles. The number of hydrogen-bond acceptors (Lipinski definition) is 2. The summed E-state index contributed by atoms with van der Waals surface area (Å²) in [7, 11) is 2.23. The van der Waals surface area contributed by atoms with Gasteiger partial charge in [0.2, 0.25) is 0 Å². The van der Waals surface area contributed by atoms with Gasteiger partial charge in [-0.2, -0.15) is 0 Å². The number of nitrogens with one attached hydrogen (secondary N) is 1. The van der Waals surface area contributed by atoms with Gasteiger partial charge in [0.05, 0.1) is 0 Å². The average Bonchev–Trinajstić information content (AvgIpc) is 2.28. The van der Waals surface area contributed by atoms with Gasteiger partial charge in [0.25, 0.3) is 0 Å². The summed E-state index contributed by atoms with van der Waals surface area (Å²) >= 11 is 0. The van der Waals surface area contributed by atoms with Crippen LogP contribution >= 0.6 is 0 Å². The van der Waals surface area contributed by atoms with Crippen LogP contribution in [-0.2, 0) is 0 Å². The fraction of sp³-hybridized carbons (Fsp3) is 1.00. The van der Waals surface area contributed by atoms with Gasteiger partial charge in [-0.25, -0.2) is 0 Å². The summed E-state index contributed by atoms with van der Waals surface area (Å²) in [6.45, 7) is 7.16. The van der Waals surface area contributed by atoms with Crippen molar-refractivity contribution < 1.29 is 0 Å². The molecule has 1 aliphatic rings. The van der Waals surface area contributed by atoms with E-state index in [1.54, 1.807) is 0 Å². The predicted octanol–water partition coefficient (Wildman–Crippen LogP) is 3.03. The molecular weight excluding hydrogens is 196 g/mol. The topological polar surface area (TPSA) is 15.3 Å². The van der Waals surface area contributed by atoms with Crippen LogP contribution < -0.4 is 5.32 Å². The summed E-state index contributed by atoms with van der Waals surface area (Å²) in [5.41, 5.74) is 0. The monoisotopic (exact) mass is 226 g/mol. The molecule has 0 bridgehead atoms. The van der Waals surface area contributed by atoms with Crippen molar-refractivity contribution in [3.63, 3.8) is 0 Å². The number of rotatable bonds is 7. The van der Waals surface area contributed by atoms with Crippen molar-refractivity contribution >= 4 is 0 Å². The molecule has 0 aromatic heterocycles. The molecule has 96 valence electrons. The van der Waals surface area contributed by atoms with Crippen molar-refractivity contribution in [3.8, 4) is 0 Å². The van der Waals surface area contributed by atoms with E-state index in [0.29, 0.717) is 6.04 Å². The lowest BCUT2D eigenvalue weighted by Gasteiger charge is -2.31. The number of hydrogen-bond donors (Lipinski definition) is 1. The molecule has 0 amide bonds. The zero-order chi connectivity index (χ0) is 11.8. The first-order valence-electron chi connectivity index (χ1n) is 7.17.